The highest BCUT2D eigenvalue weighted by molar-refractivity contribution is 9.10. The third kappa shape index (κ3) is 4.49. The van der Waals surface area contributed by atoms with Crippen LogP contribution in [0.3, 0.4) is 0 Å². The predicted octanol–water partition coefficient (Wildman–Crippen LogP) is 4.57. The first-order valence-corrected chi connectivity index (χ1v) is 8.51. The van der Waals surface area contributed by atoms with Crippen LogP contribution in [-0.2, 0) is 6.54 Å². The molecule has 112 valence electrons. The molecular weight excluding hydrogens is 312 g/mol. The number of nitrogens with zero attached hydrogens (tertiary/aromatic N) is 1. The molecule has 0 aromatic heterocycles. The van der Waals surface area contributed by atoms with Crippen molar-refractivity contribution < 1.29 is 0 Å². The van der Waals surface area contributed by atoms with Gasteiger partial charge in [-0.1, -0.05) is 19.9 Å². The van der Waals surface area contributed by atoms with Crippen LogP contribution >= 0.6 is 15.9 Å². The van der Waals surface area contributed by atoms with Gasteiger partial charge in [0.25, 0.3) is 0 Å². The Bertz CT molecular complexity index is 441. The highest BCUT2D eigenvalue weighted by Gasteiger charge is 2.20. The molecule has 1 atom stereocenters. The van der Waals surface area contributed by atoms with Gasteiger partial charge in [0, 0.05) is 30.1 Å². The fourth-order valence-corrected chi connectivity index (χ4v) is 3.28. The van der Waals surface area contributed by atoms with Crippen LogP contribution in [0.25, 0.3) is 0 Å². The van der Waals surface area contributed by atoms with Gasteiger partial charge in [0.2, 0.25) is 0 Å². The average Bonchev–Trinajstić information content (AvgIpc) is 3.19. The van der Waals surface area contributed by atoms with Gasteiger partial charge in [0.05, 0.1) is 5.69 Å². The van der Waals surface area contributed by atoms with Crippen LogP contribution < -0.4 is 10.2 Å². The maximum atomic E-state index is 3.74. The van der Waals surface area contributed by atoms with E-state index in [-0.39, 0.29) is 0 Å². The average molecular weight is 339 g/mol. The topological polar surface area (TPSA) is 15.3 Å². The van der Waals surface area contributed by atoms with E-state index < -0.39 is 0 Å². The van der Waals surface area contributed by atoms with Crippen molar-refractivity contribution >= 4 is 21.6 Å². The lowest BCUT2D eigenvalue weighted by Crippen LogP contribution is -2.30. The van der Waals surface area contributed by atoms with Crippen LogP contribution in [0.1, 0.15) is 45.6 Å². The van der Waals surface area contributed by atoms with Crippen molar-refractivity contribution in [2.24, 2.45) is 5.92 Å². The molecule has 1 saturated carbocycles. The van der Waals surface area contributed by atoms with Gasteiger partial charge in [0.1, 0.15) is 0 Å². The van der Waals surface area contributed by atoms with Crippen molar-refractivity contribution in [3.8, 4) is 0 Å². The van der Waals surface area contributed by atoms with Crippen molar-refractivity contribution in [2.45, 2.75) is 58.7 Å². The molecule has 1 fully saturated rings. The molecule has 0 heterocycles. The molecule has 0 radical (unpaired) electrons. The van der Waals surface area contributed by atoms with Gasteiger partial charge in [-0.3, -0.25) is 0 Å². The van der Waals surface area contributed by atoms with E-state index in [1.165, 1.54) is 35.0 Å². The quantitative estimate of drug-likeness (QED) is 0.783. The lowest BCUT2D eigenvalue weighted by atomic mass is 10.0. The smallest absolute Gasteiger partial charge is 0.0510 e. The lowest BCUT2D eigenvalue weighted by molar-refractivity contribution is 0.504. The Morgan fingerprint density at radius 1 is 1.30 bits per heavy atom. The minimum absolute atomic E-state index is 0.557. The Hall–Kier alpha value is -0.540. The fourth-order valence-electron chi connectivity index (χ4n) is 2.57. The van der Waals surface area contributed by atoms with Crippen molar-refractivity contribution in [3.63, 3.8) is 0 Å². The van der Waals surface area contributed by atoms with Crippen molar-refractivity contribution in [2.75, 3.05) is 11.9 Å². The van der Waals surface area contributed by atoms with Crippen LogP contribution in [-0.4, -0.2) is 19.1 Å². The highest BCUT2D eigenvalue weighted by Crippen LogP contribution is 2.29. The second-order valence-electron chi connectivity index (χ2n) is 6.53. The summed E-state index contributed by atoms with van der Waals surface area (Å²) in [6.07, 6.45) is 3.90. The molecule has 0 saturated heterocycles. The third-order valence-corrected chi connectivity index (χ3v) is 4.67. The van der Waals surface area contributed by atoms with E-state index in [0.29, 0.717) is 6.04 Å². The molecule has 1 unspecified atom stereocenters. The molecule has 1 aromatic carbocycles. The van der Waals surface area contributed by atoms with Gasteiger partial charge >= 0.3 is 0 Å². The normalized spacial score (nSPS) is 16.5. The highest BCUT2D eigenvalue weighted by atomic mass is 79.9. The summed E-state index contributed by atoms with van der Waals surface area (Å²) < 4.78 is 1.20. The van der Waals surface area contributed by atoms with Gasteiger partial charge in [-0.15, -0.1) is 0 Å². The molecule has 1 N–H and O–H groups in total. The van der Waals surface area contributed by atoms with E-state index in [1.54, 1.807) is 0 Å². The lowest BCUT2D eigenvalue weighted by Gasteiger charge is -2.29. The summed E-state index contributed by atoms with van der Waals surface area (Å²) >= 11 is 3.74. The standard InChI is InChI=1S/C17H27BrN2/c1-12(2)9-13(3)20(4)17-8-5-14(10-16(17)18)11-19-15-6-7-15/h5,8,10,12-13,15,19H,6-7,9,11H2,1-4H3. The predicted molar refractivity (Wildman–Crippen MR) is 91.3 cm³/mol. The van der Waals surface area contributed by atoms with Crippen LogP contribution in [0.5, 0.6) is 0 Å². The monoisotopic (exact) mass is 338 g/mol. The Morgan fingerprint density at radius 3 is 2.55 bits per heavy atom. The molecule has 2 rings (SSSR count). The molecule has 1 aliphatic rings. The zero-order valence-electron chi connectivity index (χ0n) is 13.1. The van der Waals surface area contributed by atoms with E-state index in [0.717, 1.165) is 18.5 Å². The number of rotatable bonds is 7. The minimum Gasteiger partial charge on any atom is -0.371 e. The summed E-state index contributed by atoms with van der Waals surface area (Å²) in [4.78, 5) is 2.38. The second kappa shape index (κ2) is 6.95. The molecule has 3 heteroatoms. The van der Waals surface area contributed by atoms with Gasteiger partial charge < -0.3 is 10.2 Å². The van der Waals surface area contributed by atoms with E-state index in [1.807, 2.05) is 0 Å². The van der Waals surface area contributed by atoms with Crippen molar-refractivity contribution in [3.05, 3.63) is 28.2 Å². The zero-order valence-corrected chi connectivity index (χ0v) is 14.7. The Kier molecular flexibility index (Phi) is 5.50. The SMILES string of the molecule is CC(C)CC(C)N(C)c1ccc(CNC2CC2)cc1Br. The number of hydrogen-bond acceptors (Lipinski definition) is 2. The summed E-state index contributed by atoms with van der Waals surface area (Å²) in [6, 6.07) is 8.06. The molecule has 2 nitrogen and oxygen atoms in total. The number of nitrogens with one attached hydrogen (secondary N) is 1. The third-order valence-electron chi connectivity index (χ3n) is 4.04. The second-order valence-corrected chi connectivity index (χ2v) is 7.38. The number of hydrogen-bond donors (Lipinski definition) is 1. The fraction of sp³-hybridized carbons (Fsp3) is 0.647. The van der Waals surface area contributed by atoms with Gasteiger partial charge in [0.15, 0.2) is 0 Å². The molecule has 0 amide bonds. The summed E-state index contributed by atoms with van der Waals surface area (Å²) in [6.45, 7) is 7.85. The van der Waals surface area contributed by atoms with Crippen LogP contribution in [0, 0.1) is 5.92 Å². The molecular formula is C17H27BrN2. The van der Waals surface area contributed by atoms with Crippen molar-refractivity contribution in [1.29, 1.82) is 0 Å². The summed E-state index contributed by atoms with van der Waals surface area (Å²) in [5.41, 5.74) is 2.64. The number of anilines is 1. The molecule has 1 aromatic rings. The van der Waals surface area contributed by atoms with E-state index in [2.05, 4.69) is 72.2 Å². The summed E-state index contributed by atoms with van der Waals surface area (Å²) in [5.74, 6) is 0.730. The van der Waals surface area contributed by atoms with Gasteiger partial charge in [-0.2, -0.15) is 0 Å². The first-order valence-electron chi connectivity index (χ1n) is 7.72. The largest absolute Gasteiger partial charge is 0.371 e. The van der Waals surface area contributed by atoms with Crippen LogP contribution in [0.15, 0.2) is 22.7 Å². The minimum atomic E-state index is 0.557. The van der Waals surface area contributed by atoms with Gasteiger partial charge in [-0.25, -0.2) is 0 Å². The maximum Gasteiger partial charge on any atom is 0.0510 e. The first kappa shape index (κ1) is 15.8. The molecule has 1 aliphatic carbocycles. The number of halogens is 1. The molecule has 0 spiro atoms. The van der Waals surface area contributed by atoms with Gasteiger partial charge in [-0.05, 0) is 65.7 Å². The van der Waals surface area contributed by atoms with E-state index in [9.17, 15) is 0 Å². The van der Waals surface area contributed by atoms with Crippen molar-refractivity contribution in [1.82, 2.24) is 5.32 Å². The molecule has 0 bridgehead atoms. The van der Waals surface area contributed by atoms with E-state index >= 15 is 0 Å². The zero-order chi connectivity index (χ0) is 14.7. The van der Waals surface area contributed by atoms with Crippen LogP contribution in [0.4, 0.5) is 5.69 Å². The Morgan fingerprint density at radius 2 is 2.00 bits per heavy atom. The Labute approximate surface area is 132 Å². The maximum absolute atomic E-state index is 3.74. The summed E-state index contributed by atoms with van der Waals surface area (Å²) in [7, 11) is 2.19. The summed E-state index contributed by atoms with van der Waals surface area (Å²) in [5, 5.41) is 3.56. The first-order chi connectivity index (χ1) is 9.47. The number of benzene rings is 1. The van der Waals surface area contributed by atoms with E-state index in [4.69, 9.17) is 0 Å². The molecule has 20 heavy (non-hydrogen) atoms. The Balaban J connectivity index is 1.99. The molecule has 0 aliphatic heterocycles. The van der Waals surface area contributed by atoms with Crippen LogP contribution in [0.2, 0.25) is 0 Å².